The van der Waals surface area contributed by atoms with Gasteiger partial charge < -0.3 is 25.0 Å². The Morgan fingerprint density at radius 2 is 2.17 bits per heavy atom. The third-order valence-electron chi connectivity index (χ3n) is 4.76. The molecule has 0 bridgehead atoms. The lowest BCUT2D eigenvalue weighted by Crippen LogP contribution is -2.40. The fourth-order valence-corrected chi connectivity index (χ4v) is 3.67. The van der Waals surface area contributed by atoms with Crippen LogP contribution in [-0.4, -0.2) is 42.5 Å². The Morgan fingerprint density at radius 1 is 1.29 bits per heavy atom. The van der Waals surface area contributed by atoms with Gasteiger partial charge in [0.15, 0.2) is 16.6 Å². The second-order valence-corrected chi connectivity index (χ2v) is 6.80. The Morgan fingerprint density at radius 3 is 3.04 bits per heavy atom. The summed E-state index contributed by atoms with van der Waals surface area (Å²) >= 11 is 5.37. The molecule has 0 aliphatic carbocycles. The highest BCUT2D eigenvalue weighted by Gasteiger charge is 2.19. The van der Waals surface area contributed by atoms with E-state index in [4.69, 9.17) is 21.7 Å². The van der Waals surface area contributed by atoms with E-state index in [9.17, 15) is 0 Å². The molecule has 0 spiro atoms. The van der Waals surface area contributed by atoms with E-state index < -0.39 is 0 Å². The van der Waals surface area contributed by atoms with Gasteiger partial charge in [-0.1, -0.05) is 13.3 Å². The summed E-state index contributed by atoms with van der Waals surface area (Å²) in [6, 6.07) is 6.53. The van der Waals surface area contributed by atoms with Crippen LogP contribution in [0.2, 0.25) is 0 Å². The van der Waals surface area contributed by atoms with Crippen molar-refractivity contribution in [2.75, 3.05) is 31.7 Å². The molecule has 0 saturated carbocycles. The van der Waals surface area contributed by atoms with Gasteiger partial charge in [0.1, 0.15) is 0 Å². The molecule has 2 N–H and O–H groups in total. The summed E-state index contributed by atoms with van der Waals surface area (Å²) in [4.78, 5) is 2.64. The van der Waals surface area contributed by atoms with E-state index in [1.165, 1.54) is 32.2 Å². The number of hydrogen-bond donors (Lipinski definition) is 2. The zero-order chi connectivity index (χ0) is 16.8. The molecule has 1 saturated heterocycles. The van der Waals surface area contributed by atoms with Crippen LogP contribution in [-0.2, 0) is 0 Å². The van der Waals surface area contributed by atoms with Gasteiger partial charge in [-0.25, -0.2) is 0 Å². The summed E-state index contributed by atoms with van der Waals surface area (Å²) in [6.07, 6.45) is 6.45. The van der Waals surface area contributed by atoms with Gasteiger partial charge in [-0.15, -0.1) is 0 Å². The predicted molar refractivity (Wildman–Crippen MR) is 101 cm³/mol. The smallest absolute Gasteiger partial charge is 0.231 e. The summed E-state index contributed by atoms with van der Waals surface area (Å²) in [5, 5.41) is 7.15. The first-order chi connectivity index (χ1) is 11.8. The minimum Gasteiger partial charge on any atom is -0.454 e. The monoisotopic (exact) mass is 349 g/mol. The molecule has 0 radical (unpaired) electrons. The minimum atomic E-state index is 0.288. The number of rotatable bonds is 6. The van der Waals surface area contributed by atoms with E-state index in [-0.39, 0.29) is 6.79 Å². The quantitative estimate of drug-likeness (QED) is 0.607. The Balaban J connectivity index is 1.36. The normalized spacial score (nSPS) is 20.0. The molecule has 3 rings (SSSR count). The van der Waals surface area contributed by atoms with E-state index >= 15 is 0 Å². The van der Waals surface area contributed by atoms with Gasteiger partial charge in [0.25, 0.3) is 0 Å². The number of hydrogen-bond acceptors (Lipinski definition) is 4. The molecule has 0 amide bonds. The van der Waals surface area contributed by atoms with E-state index in [0.29, 0.717) is 5.11 Å². The Labute approximate surface area is 149 Å². The highest BCUT2D eigenvalue weighted by Crippen LogP contribution is 2.34. The van der Waals surface area contributed by atoms with Crippen LogP contribution in [0.3, 0.4) is 0 Å². The number of fused-ring (bicyclic) bond motifs is 1. The summed E-state index contributed by atoms with van der Waals surface area (Å²) in [6.45, 7) is 5.88. The molecule has 0 aromatic heterocycles. The van der Waals surface area contributed by atoms with E-state index in [1.807, 2.05) is 18.2 Å². The number of nitrogens with one attached hydrogen (secondary N) is 2. The van der Waals surface area contributed by atoms with Crippen LogP contribution >= 0.6 is 12.2 Å². The topological polar surface area (TPSA) is 45.8 Å². The van der Waals surface area contributed by atoms with Crippen molar-refractivity contribution in [3.8, 4) is 11.5 Å². The van der Waals surface area contributed by atoms with Crippen molar-refractivity contribution in [2.45, 2.75) is 45.1 Å². The molecule has 1 fully saturated rings. The van der Waals surface area contributed by atoms with Crippen molar-refractivity contribution in [3.63, 3.8) is 0 Å². The molecule has 5 nitrogen and oxygen atoms in total. The van der Waals surface area contributed by atoms with Gasteiger partial charge in [0.05, 0.1) is 0 Å². The van der Waals surface area contributed by atoms with Crippen LogP contribution in [0.25, 0.3) is 0 Å². The van der Waals surface area contributed by atoms with Gasteiger partial charge in [-0.05, 0) is 56.6 Å². The predicted octanol–water partition coefficient (Wildman–Crippen LogP) is 3.36. The molecule has 2 heterocycles. The van der Waals surface area contributed by atoms with Crippen LogP contribution in [0.5, 0.6) is 11.5 Å². The third-order valence-corrected chi connectivity index (χ3v) is 5.00. The molecule has 1 aromatic carbocycles. The second-order valence-electron chi connectivity index (χ2n) is 6.40. The summed E-state index contributed by atoms with van der Waals surface area (Å²) in [7, 11) is 0. The van der Waals surface area contributed by atoms with Crippen molar-refractivity contribution in [1.82, 2.24) is 10.2 Å². The fourth-order valence-electron chi connectivity index (χ4n) is 3.45. The molecule has 1 atom stereocenters. The maximum Gasteiger partial charge on any atom is 0.231 e. The maximum absolute atomic E-state index is 5.38. The largest absolute Gasteiger partial charge is 0.454 e. The van der Waals surface area contributed by atoms with Crippen LogP contribution < -0.4 is 20.1 Å². The highest BCUT2D eigenvalue weighted by atomic mass is 32.1. The zero-order valence-electron chi connectivity index (χ0n) is 14.3. The summed E-state index contributed by atoms with van der Waals surface area (Å²) in [5.74, 6) is 1.55. The number of benzene rings is 1. The molecule has 2 aliphatic heterocycles. The van der Waals surface area contributed by atoms with Crippen molar-refractivity contribution >= 4 is 23.0 Å². The SMILES string of the molecule is CC[C@@H]1CCCCN1CCCNC(=S)Nc1ccc2c(c1)OCO2. The maximum atomic E-state index is 5.38. The first kappa shape index (κ1) is 17.3. The molecule has 1 aromatic rings. The molecular formula is C18H27N3O2S. The average Bonchev–Trinajstić information content (AvgIpc) is 3.07. The van der Waals surface area contributed by atoms with Crippen molar-refractivity contribution in [2.24, 2.45) is 0 Å². The van der Waals surface area contributed by atoms with E-state index in [2.05, 4.69) is 22.5 Å². The average molecular weight is 350 g/mol. The molecule has 132 valence electrons. The number of thiocarbonyl (C=S) groups is 1. The number of piperidine rings is 1. The first-order valence-electron chi connectivity index (χ1n) is 8.95. The molecule has 2 aliphatic rings. The number of ether oxygens (including phenoxy) is 2. The Hall–Kier alpha value is -1.53. The standard InChI is InChI=1S/C18H27N3O2S/c1-2-15-6-3-4-10-21(15)11-5-9-19-18(24)20-14-7-8-16-17(12-14)23-13-22-16/h7-8,12,15H,2-6,9-11,13H2,1H3,(H2,19,20,24)/t15-/m1/s1. The lowest BCUT2D eigenvalue weighted by Gasteiger charge is -2.35. The first-order valence-corrected chi connectivity index (χ1v) is 9.35. The zero-order valence-corrected chi connectivity index (χ0v) is 15.2. The Kier molecular flexibility index (Phi) is 6.15. The van der Waals surface area contributed by atoms with Gasteiger partial charge >= 0.3 is 0 Å². The molecule has 24 heavy (non-hydrogen) atoms. The molecule has 6 heteroatoms. The van der Waals surface area contributed by atoms with Gasteiger partial charge in [-0.2, -0.15) is 0 Å². The van der Waals surface area contributed by atoms with Crippen LogP contribution in [0.4, 0.5) is 5.69 Å². The second kappa shape index (κ2) is 8.53. The minimum absolute atomic E-state index is 0.288. The third kappa shape index (κ3) is 4.51. The summed E-state index contributed by atoms with van der Waals surface area (Å²) in [5.41, 5.74) is 0.916. The molecule has 0 unspecified atom stereocenters. The molecular weight excluding hydrogens is 322 g/mol. The van der Waals surface area contributed by atoms with E-state index in [1.54, 1.807) is 0 Å². The van der Waals surface area contributed by atoms with Crippen LogP contribution in [0, 0.1) is 0 Å². The Bertz CT molecular complexity index is 567. The highest BCUT2D eigenvalue weighted by molar-refractivity contribution is 7.80. The van der Waals surface area contributed by atoms with E-state index in [0.717, 1.165) is 42.7 Å². The lowest BCUT2D eigenvalue weighted by atomic mass is 10.00. The van der Waals surface area contributed by atoms with Crippen molar-refractivity contribution in [3.05, 3.63) is 18.2 Å². The van der Waals surface area contributed by atoms with Crippen LogP contribution in [0.1, 0.15) is 39.0 Å². The number of nitrogens with zero attached hydrogens (tertiary/aromatic N) is 1. The number of likely N-dealkylation sites (tertiary alicyclic amines) is 1. The lowest BCUT2D eigenvalue weighted by molar-refractivity contribution is 0.143. The van der Waals surface area contributed by atoms with Crippen molar-refractivity contribution in [1.29, 1.82) is 0 Å². The fraction of sp³-hybridized carbons (Fsp3) is 0.611. The van der Waals surface area contributed by atoms with Crippen molar-refractivity contribution < 1.29 is 9.47 Å². The van der Waals surface area contributed by atoms with Gasteiger partial charge in [0.2, 0.25) is 6.79 Å². The number of anilines is 1. The van der Waals surface area contributed by atoms with Gasteiger partial charge in [0, 0.05) is 30.9 Å². The van der Waals surface area contributed by atoms with Crippen LogP contribution in [0.15, 0.2) is 18.2 Å². The van der Waals surface area contributed by atoms with Gasteiger partial charge in [-0.3, -0.25) is 0 Å². The summed E-state index contributed by atoms with van der Waals surface area (Å²) < 4.78 is 10.7.